The predicted molar refractivity (Wildman–Crippen MR) is 92.1 cm³/mol. The number of rotatable bonds is 5. The molecule has 1 N–H and O–H groups in total. The second kappa shape index (κ2) is 7.75. The molecule has 0 heterocycles. The van der Waals surface area contributed by atoms with Crippen molar-refractivity contribution in [3.8, 4) is 0 Å². The van der Waals surface area contributed by atoms with Gasteiger partial charge in [-0.25, -0.2) is 0 Å². The smallest absolute Gasteiger partial charge is 0.271 e. The van der Waals surface area contributed by atoms with Gasteiger partial charge in [0.05, 0.1) is 10.6 Å². The van der Waals surface area contributed by atoms with Gasteiger partial charge in [0.1, 0.15) is 0 Å². The topological polar surface area (TPSA) is 84.6 Å². The van der Waals surface area contributed by atoms with Crippen LogP contribution in [0.1, 0.15) is 6.92 Å². The minimum atomic E-state index is -0.497. The van der Waals surface area contributed by atoms with Gasteiger partial charge in [-0.2, -0.15) is 5.10 Å². The number of anilines is 1. The number of carbonyl (C=O) groups is 1. The third-order valence-corrected chi connectivity index (χ3v) is 4.00. The number of carbonyl (C=O) groups excluding carboxylic acids is 1. The van der Waals surface area contributed by atoms with E-state index in [0.29, 0.717) is 10.7 Å². The summed E-state index contributed by atoms with van der Waals surface area (Å²) in [6, 6.07) is 12.9. The number of Topliss-reactive ketones (excluding diaryl/α,β-unsaturated/α-hetero) is 1. The SMILES string of the molecule is CC(=O)/C(=N\Nc1cccc([N+](=O)[O-])c1)Sc1ccc(Cl)cc1. The van der Waals surface area contributed by atoms with Crippen molar-refractivity contribution in [2.45, 2.75) is 11.8 Å². The minimum Gasteiger partial charge on any atom is -0.292 e. The molecule has 8 heteroatoms. The van der Waals surface area contributed by atoms with Crippen LogP contribution in [0.25, 0.3) is 0 Å². The average molecular weight is 350 g/mol. The Morgan fingerprint density at radius 2 is 1.96 bits per heavy atom. The summed E-state index contributed by atoms with van der Waals surface area (Å²) in [5.41, 5.74) is 3.04. The Morgan fingerprint density at radius 3 is 2.57 bits per heavy atom. The first kappa shape index (κ1) is 17.0. The number of benzene rings is 2. The van der Waals surface area contributed by atoms with Crippen LogP contribution in [0, 0.1) is 10.1 Å². The number of hydrogen-bond acceptors (Lipinski definition) is 6. The maximum atomic E-state index is 11.7. The Bertz CT molecular complexity index is 763. The molecule has 2 rings (SSSR count). The van der Waals surface area contributed by atoms with E-state index in [2.05, 4.69) is 10.5 Å². The molecule has 0 bridgehead atoms. The number of hydrogen-bond donors (Lipinski definition) is 1. The van der Waals surface area contributed by atoms with Crippen LogP contribution < -0.4 is 5.43 Å². The molecule has 23 heavy (non-hydrogen) atoms. The van der Waals surface area contributed by atoms with Gasteiger partial charge in [-0.05, 0) is 30.3 Å². The predicted octanol–water partition coefficient (Wildman–Crippen LogP) is 4.35. The number of halogens is 1. The van der Waals surface area contributed by atoms with E-state index in [1.165, 1.54) is 36.9 Å². The zero-order chi connectivity index (χ0) is 16.8. The van der Waals surface area contributed by atoms with E-state index in [1.807, 2.05) is 0 Å². The number of hydrazone groups is 1. The van der Waals surface area contributed by atoms with Gasteiger partial charge in [0.2, 0.25) is 0 Å². The van der Waals surface area contributed by atoms with Crippen molar-refractivity contribution in [1.29, 1.82) is 0 Å². The highest BCUT2D eigenvalue weighted by Crippen LogP contribution is 2.23. The Hall–Kier alpha value is -2.38. The van der Waals surface area contributed by atoms with Gasteiger partial charge < -0.3 is 0 Å². The third-order valence-electron chi connectivity index (χ3n) is 2.67. The molecule has 2 aromatic rings. The molecule has 0 aliphatic rings. The summed E-state index contributed by atoms with van der Waals surface area (Å²) in [6.45, 7) is 1.40. The average Bonchev–Trinajstić information content (AvgIpc) is 2.53. The van der Waals surface area contributed by atoms with Gasteiger partial charge in [-0.15, -0.1) is 0 Å². The number of ketones is 1. The molecule has 0 atom stereocenters. The van der Waals surface area contributed by atoms with Crippen molar-refractivity contribution < 1.29 is 9.72 Å². The molecule has 0 unspecified atom stereocenters. The quantitative estimate of drug-likeness (QED) is 0.285. The van der Waals surface area contributed by atoms with Crippen LogP contribution in [-0.4, -0.2) is 15.8 Å². The second-order valence-corrected chi connectivity index (χ2v) is 5.95. The number of nitrogens with zero attached hydrogens (tertiary/aromatic N) is 2. The molecular weight excluding hydrogens is 338 g/mol. The monoisotopic (exact) mass is 349 g/mol. The summed E-state index contributed by atoms with van der Waals surface area (Å²) in [7, 11) is 0. The molecule has 0 radical (unpaired) electrons. The Kier molecular flexibility index (Phi) is 5.72. The highest BCUT2D eigenvalue weighted by Gasteiger charge is 2.10. The zero-order valence-electron chi connectivity index (χ0n) is 12.0. The maximum absolute atomic E-state index is 11.7. The summed E-state index contributed by atoms with van der Waals surface area (Å²) < 4.78 is 0. The molecule has 118 valence electrons. The molecule has 0 saturated carbocycles. The van der Waals surface area contributed by atoms with Crippen LogP contribution in [0.15, 0.2) is 58.5 Å². The van der Waals surface area contributed by atoms with Crippen molar-refractivity contribution in [2.75, 3.05) is 5.43 Å². The number of nitrogens with one attached hydrogen (secondary N) is 1. The van der Waals surface area contributed by atoms with Gasteiger partial charge in [0, 0.05) is 29.0 Å². The molecule has 0 aromatic heterocycles. The molecule has 0 saturated heterocycles. The first-order valence-corrected chi connectivity index (χ1v) is 7.67. The van der Waals surface area contributed by atoms with E-state index < -0.39 is 4.92 Å². The van der Waals surface area contributed by atoms with Crippen LogP contribution >= 0.6 is 23.4 Å². The van der Waals surface area contributed by atoms with E-state index in [-0.39, 0.29) is 16.5 Å². The van der Waals surface area contributed by atoms with Crippen LogP contribution in [0.4, 0.5) is 11.4 Å². The zero-order valence-corrected chi connectivity index (χ0v) is 13.6. The molecule has 0 fully saturated rings. The van der Waals surface area contributed by atoms with Gasteiger partial charge in [0.25, 0.3) is 5.69 Å². The number of non-ortho nitro benzene ring substituents is 1. The Morgan fingerprint density at radius 1 is 1.26 bits per heavy atom. The van der Waals surface area contributed by atoms with E-state index in [1.54, 1.807) is 30.3 Å². The lowest BCUT2D eigenvalue weighted by Crippen LogP contribution is -2.08. The van der Waals surface area contributed by atoms with Crippen molar-refractivity contribution >= 4 is 45.6 Å². The maximum Gasteiger partial charge on any atom is 0.271 e. The van der Waals surface area contributed by atoms with Gasteiger partial charge in [-0.3, -0.25) is 20.3 Å². The van der Waals surface area contributed by atoms with Crippen LogP contribution in [0.5, 0.6) is 0 Å². The standard InChI is InChI=1S/C15H12ClN3O3S/c1-10(20)15(23-14-7-5-11(16)6-8-14)18-17-12-3-2-4-13(9-12)19(21)22/h2-9,17H,1H3/b18-15+. The van der Waals surface area contributed by atoms with Crippen molar-refractivity contribution in [3.63, 3.8) is 0 Å². The van der Waals surface area contributed by atoms with Crippen LogP contribution in [0.2, 0.25) is 5.02 Å². The lowest BCUT2D eigenvalue weighted by molar-refractivity contribution is -0.384. The molecule has 6 nitrogen and oxygen atoms in total. The molecule has 0 aliphatic carbocycles. The Balaban J connectivity index is 2.16. The fourth-order valence-corrected chi connectivity index (χ4v) is 2.45. The van der Waals surface area contributed by atoms with E-state index >= 15 is 0 Å². The third kappa shape index (κ3) is 5.08. The number of thioether (sulfide) groups is 1. The van der Waals surface area contributed by atoms with Gasteiger partial charge in [0.15, 0.2) is 10.8 Å². The highest BCUT2D eigenvalue weighted by atomic mass is 35.5. The van der Waals surface area contributed by atoms with E-state index in [0.717, 1.165) is 4.90 Å². The van der Waals surface area contributed by atoms with Gasteiger partial charge in [-0.1, -0.05) is 29.4 Å². The number of nitro groups is 1. The van der Waals surface area contributed by atoms with Gasteiger partial charge >= 0.3 is 0 Å². The first-order valence-electron chi connectivity index (χ1n) is 6.48. The lowest BCUT2D eigenvalue weighted by Gasteiger charge is -2.05. The summed E-state index contributed by atoms with van der Waals surface area (Å²) in [5, 5.41) is 15.6. The molecule has 2 aromatic carbocycles. The summed E-state index contributed by atoms with van der Waals surface area (Å²) in [6.07, 6.45) is 0. The molecular formula is C15H12ClN3O3S. The molecule has 0 spiro atoms. The minimum absolute atomic E-state index is 0.0556. The fraction of sp³-hybridized carbons (Fsp3) is 0.0667. The summed E-state index contributed by atoms with van der Waals surface area (Å²) in [5.74, 6) is -0.220. The lowest BCUT2D eigenvalue weighted by atomic mass is 10.3. The fourth-order valence-electron chi connectivity index (χ4n) is 1.59. The summed E-state index contributed by atoms with van der Waals surface area (Å²) in [4.78, 5) is 22.7. The van der Waals surface area contributed by atoms with Crippen LogP contribution in [0.3, 0.4) is 0 Å². The number of nitro benzene ring substituents is 1. The van der Waals surface area contributed by atoms with Crippen molar-refractivity contribution in [1.82, 2.24) is 0 Å². The Labute approximate surface area is 141 Å². The van der Waals surface area contributed by atoms with Crippen LogP contribution in [-0.2, 0) is 4.79 Å². The normalized spacial score (nSPS) is 11.1. The highest BCUT2D eigenvalue weighted by molar-refractivity contribution is 8.15. The summed E-state index contributed by atoms with van der Waals surface area (Å²) >= 11 is 7.00. The van der Waals surface area contributed by atoms with Crippen molar-refractivity contribution in [3.05, 3.63) is 63.7 Å². The van der Waals surface area contributed by atoms with E-state index in [4.69, 9.17) is 11.6 Å². The molecule has 0 amide bonds. The molecule has 0 aliphatic heterocycles. The largest absolute Gasteiger partial charge is 0.292 e. The van der Waals surface area contributed by atoms with Crippen molar-refractivity contribution in [2.24, 2.45) is 5.10 Å². The first-order chi connectivity index (χ1) is 11.0. The second-order valence-electron chi connectivity index (χ2n) is 4.45. The van der Waals surface area contributed by atoms with E-state index in [9.17, 15) is 14.9 Å².